The third-order valence-electron chi connectivity index (χ3n) is 2.08. The molecule has 19 heavy (non-hydrogen) atoms. The number of pyridine rings is 1. The number of rotatable bonds is 2. The highest BCUT2D eigenvalue weighted by Crippen LogP contribution is 2.22. The minimum atomic E-state index is -4.89. The summed E-state index contributed by atoms with van der Waals surface area (Å²) in [6.45, 7) is 0. The van der Waals surface area contributed by atoms with Crippen LogP contribution in [0.15, 0.2) is 29.3 Å². The fourth-order valence-electron chi connectivity index (χ4n) is 1.24. The molecular weight excluding hydrogens is 265 g/mol. The Hall–Kier alpha value is -2.49. The minimum absolute atomic E-state index is 0.0860. The molecule has 0 saturated carbocycles. The average Bonchev–Trinajstić information content (AvgIpc) is 2.37. The van der Waals surface area contributed by atoms with E-state index in [0.717, 1.165) is 0 Å². The fraction of sp³-hybridized carbons (Fsp3) is 0.111. The molecule has 2 heterocycles. The molecule has 100 valence electrons. The van der Waals surface area contributed by atoms with Crippen LogP contribution in [0.25, 0.3) is 11.4 Å². The van der Waals surface area contributed by atoms with Gasteiger partial charge in [-0.3, -0.25) is 9.97 Å². The molecule has 0 saturated heterocycles. The second kappa shape index (κ2) is 4.65. The first-order valence-electron chi connectivity index (χ1n) is 4.88. The van der Waals surface area contributed by atoms with Gasteiger partial charge >= 0.3 is 12.0 Å². The van der Waals surface area contributed by atoms with E-state index in [4.69, 9.17) is 5.84 Å². The Morgan fingerprint density at radius 1 is 1.21 bits per heavy atom. The van der Waals surface area contributed by atoms with Crippen molar-refractivity contribution < 1.29 is 13.2 Å². The van der Waals surface area contributed by atoms with Crippen molar-refractivity contribution >= 4 is 5.95 Å². The van der Waals surface area contributed by atoms with E-state index in [0.29, 0.717) is 5.56 Å². The van der Waals surface area contributed by atoms with Crippen molar-refractivity contribution in [1.29, 1.82) is 0 Å². The van der Waals surface area contributed by atoms with Gasteiger partial charge in [0.15, 0.2) is 0 Å². The third kappa shape index (κ3) is 2.85. The Bertz CT molecular complexity index is 626. The van der Waals surface area contributed by atoms with Crippen molar-refractivity contribution in [2.24, 2.45) is 5.84 Å². The summed E-state index contributed by atoms with van der Waals surface area (Å²) >= 11 is 0. The lowest BCUT2D eigenvalue weighted by Gasteiger charge is -2.18. The molecule has 0 fully saturated rings. The van der Waals surface area contributed by atoms with Crippen LogP contribution in [0.2, 0.25) is 0 Å². The zero-order valence-electron chi connectivity index (χ0n) is 9.22. The molecule has 0 radical (unpaired) electrons. The number of hydrogen-bond acceptors (Lipinski definition) is 6. The third-order valence-corrected chi connectivity index (χ3v) is 2.08. The molecule has 0 atom stereocenters. The molecule has 2 aromatic rings. The molecule has 0 amide bonds. The highest BCUT2D eigenvalue weighted by molar-refractivity contribution is 5.54. The number of nitrogens with one attached hydrogen (secondary N) is 1. The molecule has 3 N–H and O–H groups in total. The van der Waals surface area contributed by atoms with Gasteiger partial charge in [0.05, 0.1) is 0 Å². The number of aromatic amines is 1. The van der Waals surface area contributed by atoms with Crippen LogP contribution in [0.5, 0.6) is 0 Å². The van der Waals surface area contributed by atoms with Crippen molar-refractivity contribution in [2.45, 2.75) is 6.30 Å². The standard InChI is InChI=1S/C9H7F3N6O/c10-9(11,12)18(13)7-15-6(16-8(19)17-7)5-1-3-14-4-2-5/h1-4H,13H2,(H,15,16,17,19). The Morgan fingerprint density at radius 2 is 1.84 bits per heavy atom. The maximum absolute atomic E-state index is 12.4. The summed E-state index contributed by atoms with van der Waals surface area (Å²) in [7, 11) is 0. The second-order valence-electron chi connectivity index (χ2n) is 3.38. The second-order valence-corrected chi connectivity index (χ2v) is 3.38. The smallest absolute Gasteiger partial charge is 0.290 e. The number of anilines is 1. The Morgan fingerprint density at radius 3 is 2.42 bits per heavy atom. The molecule has 10 heteroatoms. The quantitative estimate of drug-likeness (QED) is 0.467. The molecule has 0 aliphatic carbocycles. The van der Waals surface area contributed by atoms with E-state index in [1.807, 2.05) is 0 Å². The topological polar surface area (TPSA) is 101 Å². The number of aromatic nitrogens is 4. The lowest BCUT2D eigenvalue weighted by Crippen LogP contribution is -2.46. The van der Waals surface area contributed by atoms with E-state index in [-0.39, 0.29) is 5.82 Å². The van der Waals surface area contributed by atoms with Gasteiger partial charge < -0.3 is 0 Å². The Labute approximate surface area is 103 Å². The monoisotopic (exact) mass is 272 g/mol. The minimum Gasteiger partial charge on any atom is -0.290 e. The van der Waals surface area contributed by atoms with Crippen molar-refractivity contribution in [3.05, 3.63) is 35.0 Å². The number of nitrogens with zero attached hydrogens (tertiary/aromatic N) is 4. The van der Waals surface area contributed by atoms with E-state index in [9.17, 15) is 18.0 Å². The van der Waals surface area contributed by atoms with Gasteiger partial charge in [0.25, 0.3) is 5.95 Å². The first-order chi connectivity index (χ1) is 8.88. The molecule has 0 unspecified atom stereocenters. The molecule has 0 aromatic carbocycles. The summed E-state index contributed by atoms with van der Waals surface area (Å²) < 4.78 is 37.2. The molecule has 2 rings (SSSR count). The highest BCUT2D eigenvalue weighted by atomic mass is 19.4. The number of hydrazine groups is 1. The van der Waals surface area contributed by atoms with E-state index in [1.165, 1.54) is 24.5 Å². The fourth-order valence-corrected chi connectivity index (χ4v) is 1.24. The first-order valence-corrected chi connectivity index (χ1v) is 4.88. The lowest BCUT2D eigenvalue weighted by atomic mass is 10.2. The maximum Gasteiger partial charge on any atom is 0.501 e. The van der Waals surface area contributed by atoms with Gasteiger partial charge in [-0.2, -0.15) is 15.0 Å². The van der Waals surface area contributed by atoms with Gasteiger partial charge in [0.2, 0.25) is 0 Å². The molecular formula is C9H7F3N6O. The van der Waals surface area contributed by atoms with Crippen LogP contribution in [0, 0.1) is 0 Å². The van der Waals surface area contributed by atoms with Gasteiger partial charge in [0, 0.05) is 18.0 Å². The van der Waals surface area contributed by atoms with E-state index in [2.05, 4.69) is 19.9 Å². The predicted octanol–water partition coefficient (Wildman–Crippen LogP) is 0.427. The summed E-state index contributed by atoms with van der Waals surface area (Å²) in [4.78, 5) is 23.8. The van der Waals surface area contributed by atoms with Crippen LogP contribution in [-0.2, 0) is 0 Å². The highest BCUT2D eigenvalue weighted by Gasteiger charge is 2.37. The van der Waals surface area contributed by atoms with Gasteiger partial charge in [-0.25, -0.2) is 10.6 Å². The lowest BCUT2D eigenvalue weighted by molar-refractivity contribution is -0.130. The number of hydrogen-bond donors (Lipinski definition) is 2. The molecule has 2 aromatic heterocycles. The predicted molar refractivity (Wildman–Crippen MR) is 58.6 cm³/mol. The Kier molecular flexibility index (Phi) is 3.17. The molecule has 0 bridgehead atoms. The van der Waals surface area contributed by atoms with Crippen LogP contribution in [0.3, 0.4) is 0 Å². The van der Waals surface area contributed by atoms with Gasteiger partial charge in [-0.15, -0.1) is 13.2 Å². The zero-order valence-corrected chi connectivity index (χ0v) is 9.22. The van der Waals surface area contributed by atoms with Crippen LogP contribution in [-0.4, -0.2) is 26.2 Å². The van der Waals surface area contributed by atoms with Crippen molar-refractivity contribution in [3.8, 4) is 11.4 Å². The Balaban J connectivity index is 2.50. The van der Waals surface area contributed by atoms with E-state index in [1.54, 1.807) is 0 Å². The molecule has 7 nitrogen and oxygen atoms in total. The van der Waals surface area contributed by atoms with Crippen molar-refractivity contribution in [2.75, 3.05) is 5.01 Å². The van der Waals surface area contributed by atoms with Gasteiger partial charge in [-0.05, 0) is 12.1 Å². The van der Waals surface area contributed by atoms with Crippen LogP contribution in [0.4, 0.5) is 19.1 Å². The van der Waals surface area contributed by atoms with Gasteiger partial charge in [-0.1, -0.05) is 0 Å². The van der Waals surface area contributed by atoms with Crippen molar-refractivity contribution in [1.82, 2.24) is 19.9 Å². The van der Waals surface area contributed by atoms with E-state index >= 15 is 0 Å². The van der Waals surface area contributed by atoms with E-state index < -0.39 is 22.9 Å². The van der Waals surface area contributed by atoms with Crippen LogP contribution in [0.1, 0.15) is 0 Å². The van der Waals surface area contributed by atoms with Crippen LogP contribution < -0.4 is 16.5 Å². The van der Waals surface area contributed by atoms with Crippen molar-refractivity contribution in [3.63, 3.8) is 0 Å². The maximum atomic E-state index is 12.4. The summed E-state index contributed by atoms with van der Waals surface area (Å²) in [6.07, 6.45) is -2.08. The molecule has 0 spiro atoms. The van der Waals surface area contributed by atoms with Crippen LogP contribution >= 0.6 is 0 Å². The normalized spacial score (nSPS) is 11.4. The first kappa shape index (κ1) is 13.0. The molecule has 0 aliphatic rings. The average molecular weight is 272 g/mol. The number of alkyl halides is 3. The van der Waals surface area contributed by atoms with Gasteiger partial charge in [0.1, 0.15) is 5.82 Å². The number of halogens is 3. The number of nitrogens with two attached hydrogens (primary N) is 1. The summed E-state index contributed by atoms with van der Waals surface area (Å²) in [5.41, 5.74) is -0.608. The summed E-state index contributed by atoms with van der Waals surface area (Å²) in [6, 6.07) is 2.94. The SMILES string of the molecule is NN(c1nc(-c2ccncc2)[nH]c(=O)n1)C(F)(F)F. The largest absolute Gasteiger partial charge is 0.501 e. The molecule has 0 aliphatic heterocycles. The summed E-state index contributed by atoms with van der Waals surface area (Å²) in [5, 5.41) is -0.632. The number of H-pyrrole nitrogens is 1. The zero-order chi connectivity index (χ0) is 14.0. The summed E-state index contributed by atoms with van der Waals surface area (Å²) in [5.74, 6) is 3.78.